The molecule has 8 atom stereocenters. The van der Waals surface area contributed by atoms with Gasteiger partial charge in [-0.25, -0.2) is 0 Å². The van der Waals surface area contributed by atoms with E-state index in [4.69, 9.17) is 0 Å². The number of hydrogen-bond donors (Lipinski definition) is 0. The standard InChI is InChI=1S/C29H50/c1-20(2)9-8-10-22(4)24-15-17-29(7)26-14-13-23-12-11-21(3)19-27(23,5)25(26)16-18-28(24,29)6/h11,20,22-26H,8-10,12-19H2,1-7H3/t22-,23+,24-,25+,26-,27+,28-,29+/m1/s1. The SMILES string of the molecule is CC1=CC[C@H]2CC[C@@H]3[C@H](CC[C@]4(C)[C@@H]([C@H](C)CCCC(C)C)CC[C@@]34C)[C@@]2(C)C1. The maximum Gasteiger partial charge on any atom is -0.0226 e. The molecule has 0 saturated heterocycles. The first-order chi connectivity index (χ1) is 13.6. The molecule has 0 bridgehead atoms. The maximum atomic E-state index is 2.76. The fourth-order valence-electron chi connectivity index (χ4n) is 9.63. The van der Waals surface area contributed by atoms with Gasteiger partial charge in [0.05, 0.1) is 0 Å². The quantitative estimate of drug-likeness (QED) is 0.405. The number of allylic oxidation sites excluding steroid dienone is 2. The molecule has 29 heavy (non-hydrogen) atoms. The lowest BCUT2D eigenvalue weighted by molar-refractivity contribution is -0.148. The average Bonchev–Trinajstić information content (AvgIpc) is 2.92. The van der Waals surface area contributed by atoms with E-state index in [9.17, 15) is 0 Å². The minimum Gasteiger partial charge on any atom is -0.0853 e. The zero-order valence-corrected chi connectivity index (χ0v) is 20.8. The molecule has 0 radical (unpaired) electrons. The Morgan fingerprint density at radius 2 is 1.62 bits per heavy atom. The maximum absolute atomic E-state index is 2.76. The molecule has 4 aliphatic rings. The van der Waals surface area contributed by atoms with E-state index in [-0.39, 0.29) is 0 Å². The lowest BCUT2D eigenvalue weighted by atomic mass is 9.40. The van der Waals surface area contributed by atoms with Crippen LogP contribution in [0.4, 0.5) is 0 Å². The molecular formula is C29H50. The van der Waals surface area contributed by atoms with Crippen LogP contribution in [0.5, 0.6) is 0 Å². The predicted molar refractivity (Wildman–Crippen MR) is 127 cm³/mol. The van der Waals surface area contributed by atoms with E-state index >= 15 is 0 Å². The number of hydrogen-bond acceptors (Lipinski definition) is 0. The summed E-state index contributed by atoms with van der Waals surface area (Å²) < 4.78 is 0. The van der Waals surface area contributed by atoms with Crippen LogP contribution in [0.25, 0.3) is 0 Å². The van der Waals surface area contributed by atoms with Crippen molar-refractivity contribution < 1.29 is 0 Å². The molecule has 0 unspecified atom stereocenters. The highest BCUT2D eigenvalue weighted by Crippen LogP contribution is 2.73. The molecule has 0 aromatic rings. The van der Waals surface area contributed by atoms with Crippen molar-refractivity contribution in [3.8, 4) is 0 Å². The van der Waals surface area contributed by atoms with Crippen LogP contribution in [0.2, 0.25) is 0 Å². The van der Waals surface area contributed by atoms with Gasteiger partial charge in [-0.2, -0.15) is 0 Å². The second-order valence-electron chi connectivity index (χ2n) is 13.3. The van der Waals surface area contributed by atoms with E-state index in [1.54, 1.807) is 5.57 Å². The Hall–Kier alpha value is -0.260. The highest BCUT2D eigenvalue weighted by atomic mass is 14.7. The minimum absolute atomic E-state index is 0.590. The monoisotopic (exact) mass is 398 g/mol. The van der Waals surface area contributed by atoms with Crippen LogP contribution in [0, 0.1) is 51.8 Å². The molecular weight excluding hydrogens is 348 g/mol. The second kappa shape index (κ2) is 7.70. The van der Waals surface area contributed by atoms with Crippen LogP contribution < -0.4 is 0 Å². The molecule has 0 aliphatic heterocycles. The molecule has 0 spiro atoms. The Kier molecular flexibility index (Phi) is 5.83. The van der Waals surface area contributed by atoms with Gasteiger partial charge in [0.1, 0.15) is 0 Å². The van der Waals surface area contributed by atoms with Crippen LogP contribution in [0.3, 0.4) is 0 Å². The van der Waals surface area contributed by atoms with Crippen LogP contribution >= 0.6 is 0 Å². The van der Waals surface area contributed by atoms with Crippen LogP contribution in [0.1, 0.15) is 119 Å². The van der Waals surface area contributed by atoms with Gasteiger partial charge in [-0.1, -0.05) is 72.5 Å². The van der Waals surface area contributed by atoms with Gasteiger partial charge in [0, 0.05) is 0 Å². The van der Waals surface area contributed by atoms with E-state index in [0.29, 0.717) is 16.2 Å². The van der Waals surface area contributed by atoms with Crippen molar-refractivity contribution in [3.63, 3.8) is 0 Å². The Morgan fingerprint density at radius 3 is 2.34 bits per heavy atom. The van der Waals surface area contributed by atoms with Gasteiger partial charge in [0.2, 0.25) is 0 Å². The third-order valence-electron chi connectivity index (χ3n) is 11.5. The summed E-state index contributed by atoms with van der Waals surface area (Å²) in [5, 5.41) is 0. The zero-order chi connectivity index (χ0) is 21.0. The van der Waals surface area contributed by atoms with Gasteiger partial charge < -0.3 is 0 Å². The minimum atomic E-state index is 0.590. The Labute approximate surface area is 182 Å². The van der Waals surface area contributed by atoms with Gasteiger partial charge >= 0.3 is 0 Å². The summed E-state index contributed by atoms with van der Waals surface area (Å²) in [6, 6.07) is 0. The summed E-state index contributed by atoms with van der Waals surface area (Å²) in [5.74, 6) is 5.70. The molecule has 0 heteroatoms. The topological polar surface area (TPSA) is 0 Å². The highest BCUT2D eigenvalue weighted by Gasteiger charge is 2.65. The fraction of sp³-hybridized carbons (Fsp3) is 0.931. The van der Waals surface area contributed by atoms with Gasteiger partial charge in [-0.15, -0.1) is 0 Å². The number of fused-ring (bicyclic) bond motifs is 5. The number of rotatable bonds is 5. The first-order valence-electron chi connectivity index (χ1n) is 13.3. The van der Waals surface area contributed by atoms with E-state index in [2.05, 4.69) is 54.5 Å². The van der Waals surface area contributed by atoms with E-state index in [0.717, 1.165) is 35.5 Å². The van der Waals surface area contributed by atoms with Crippen molar-refractivity contribution in [2.24, 2.45) is 51.8 Å². The third kappa shape index (κ3) is 3.38. The van der Waals surface area contributed by atoms with Crippen molar-refractivity contribution in [1.82, 2.24) is 0 Å². The summed E-state index contributed by atoms with van der Waals surface area (Å²) in [4.78, 5) is 0. The van der Waals surface area contributed by atoms with Crippen molar-refractivity contribution >= 4 is 0 Å². The van der Waals surface area contributed by atoms with Crippen LogP contribution in [0.15, 0.2) is 11.6 Å². The van der Waals surface area contributed by atoms with Gasteiger partial charge in [0.25, 0.3) is 0 Å². The average molecular weight is 399 g/mol. The lowest BCUT2D eigenvalue weighted by Gasteiger charge is -2.64. The zero-order valence-electron chi connectivity index (χ0n) is 20.8. The summed E-state index contributed by atoms with van der Waals surface area (Å²) in [7, 11) is 0. The second-order valence-corrected chi connectivity index (χ2v) is 13.3. The van der Waals surface area contributed by atoms with Crippen molar-refractivity contribution in [2.45, 2.75) is 119 Å². The molecule has 0 nitrogen and oxygen atoms in total. The van der Waals surface area contributed by atoms with Crippen LogP contribution in [-0.4, -0.2) is 0 Å². The Bertz CT molecular complexity index is 628. The van der Waals surface area contributed by atoms with Gasteiger partial charge in [-0.05, 0) is 110 Å². The Balaban J connectivity index is 1.54. The van der Waals surface area contributed by atoms with Crippen molar-refractivity contribution in [1.29, 1.82) is 0 Å². The molecule has 3 fully saturated rings. The van der Waals surface area contributed by atoms with E-state index in [1.807, 2.05) is 0 Å². The van der Waals surface area contributed by atoms with Gasteiger partial charge in [-0.3, -0.25) is 0 Å². The fourth-order valence-corrected chi connectivity index (χ4v) is 9.63. The molecule has 0 heterocycles. The molecule has 0 aromatic heterocycles. The summed E-state index contributed by atoms with van der Waals surface area (Å²) in [6.45, 7) is 18.0. The van der Waals surface area contributed by atoms with Crippen molar-refractivity contribution in [2.75, 3.05) is 0 Å². The third-order valence-corrected chi connectivity index (χ3v) is 11.5. The first-order valence-corrected chi connectivity index (χ1v) is 13.3. The highest BCUT2D eigenvalue weighted by molar-refractivity contribution is 5.18. The summed E-state index contributed by atoms with van der Waals surface area (Å²) in [6.07, 6.45) is 18.7. The summed E-state index contributed by atoms with van der Waals surface area (Å²) >= 11 is 0. The molecule has 0 amide bonds. The largest absolute Gasteiger partial charge is 0.0853 e. The molecule has 4 aliphatic carbocycles. The predicted octanol–water partition coefficient (Wildman–Crippen LogP) is 9.05. The molecule has 0 aromatic carbocycles. The summed E-state index contributed by atoms with van der Waals surface area (Å²) in [5.41, 5.74) is 3.46. The van der Waals surface area contributed by atoms with E-state index < -0.39 is 0 Å². The van der Waals surface area contributed by atoms with Crippen molar-refractivity contribution in [3.05, 3.63) is 11.6 Å². The first kappa shape index (κ1) is 22.0. The molecule has 166 valence electrons. The molecule has 4 rings (SSSR count). The molecule has 3 saturated carbocycles. The van der Waals surface area contributed by atoms with Crippen LogP contribution in [-0.2, 0) is 0 Å². The normalized spacial score (nSPS) is 47.9. The molecule has 0 N–H and O–H groups in total. The van der Waals surface area contributed by atoms with E-state index in [1.165, 1.54) is 70.6 Å². The Morgan fingerprint density at radius 1 is 0.897 bits per heavy atom. The lowest BCUT2D eigenvalue weighted by Crippen LogP contribution is -2.57. The smallest absolute Gasteiger partial charge is 0.0226 e. The van der Waals surface area contributed by atoms with Gasteiger partial charge in [0.15, 0.2) is 0 Å².